The normalized spacial score (nSPS) is 11.0. The molecule has 0 spiro atoms. The highest BCUT2D eigenvalue weighted by molar-refractivity contribution is 7.73. The van der Waals surface area contributed by atoms with Gasteiger partial charge in [-0.05, 0) is 38.2 Å². The van der Waals surface area contributed by atoms with Crippen LogP contribution in [0, 0.1) is 17.8 Å². The molecule has 4 aromatic rings. The van der Waals surface area contributed by atoms with Crippen LogP contribution in [0.25, 0.3) is 16.0 Å². The predicted octanol–water partition coefficient (Wildman–Crippen LogP) is 3.62. The number of aryl methyl sites for hydroxylation is 2. The van der Waals surface area contributed by atoms with Gasteiger partial charge in [-0.2, -0.15) is 5.10 Å². The number of nitrogens with one attached hydrogen (secondary N) is 1. The highest BCUT2D eigenvalue weighted by atomic mass is 32.1. The number of amides is 1. The molecule has 0 fully saturated rings. The summed E-state index contributed by atoms with van der Waals surface area (Å²) in [6.45, 7) is 7.86. The number of rotatable bonds is 6. The molecule has 0 aliphatic rings. The van der Waals surface area contributed by atoms with E-state index in [-0.39, 0.29) is 18.0 Å². The summed E-state index contributed by atoms with van der Waals surface area (Å²) in [5, 5.41) is 7.30. The molecule has 10 heteroatoms. The molecule has 0 aliphatic heterocycles. The van der Waals surface area contributed by atoms with Crippen LogP contribution < -0.4 is 10.9 Å². The number of hydrogen-bond acceptors (Lipinski definition) is 6. The summed E-state index contributed by atoms with van der Waals surface area (Å²) in [4.78, 5) is 29.9. The Hall–Kier alpha value is -3.37. The number of fused-ring (bicyclic) bond motifs is 1. The number of hydrogen-bond donors (Lipinski definition) is 1. The number of nitrogens with zero attached hydrogens (tertiary/aromatic N) is 5. The largest absolute Gasteiger partial charge is 0.309 e. The van der Waals surface area contributed by atoms with Gasteiger partial charge in [-0.3, -0.25) is 14.2 Å². The molecule has 31 heavy (non-hydrogen) atoms. The van der Waals surface area contributed by atoms with Crippen molar-refractivity contribution in [3.05, 3.63) is 74.9 Å². The lowest BCUT2D eigenvalue weighted by Crippen LogP contribution is -2.28. The van der Waals surface area contributed by atoms with Crippen molar-refractivity contribution in [1.82, 2.24) is 23.9 Å². The topological polar surface area (TPSA) is 86.7 Å². The van der Waals surface area contributed by atoms with E-state index in [0.717, 1.165) is 16.9 Å². The van der Waals surface area contributed by atoms with Gasteiger partial charge in [0, 0.05) is 12.6 Å². The molecule has 0 radical (unpaired) electrons. The zero-order valence-corrected chi connectivity index (χ0v) is 18.7. The van der Waals surface area contributed by atoms with E-state index in [1.807, 2.05) is 38.1 Å². The number of carbonyl (C=O) groups is 1. The van der Waals surface area contributed by atoms with E-state index in [4.69, 9.17) is 12.2 Å². The minimum atomic E-state index is -0.356. The van der Waals surface area contributed by atoms with E-state index in [2.05, 4.69) is 22.0 Å². The average molecular weight is 453 g/mol. The molecular formula is C21H20N6O2S2. The number of aromatic nitrogens is 5. The molecule has 0 saturated heterocycles. The zero-order chi connectivity index (χ0) is 22.1. The Labute approximate surface area is 187 Å². The first kappa shape index (κ1) is 20.9. The molecular weight excluding hydrogens is 432 g/mol. The summed E-state index contributed by atoms with van der Waals surface area (Å²) < 4.78 is 5.65. The molecule has 4 rings (SSSR count). The molecule has 1 aromatic carbocycles. The van der Waals surface area contributed by atoms with Crippen LogP contribution in [0.5, 0.6) is 0 Å². The summed E-state index contributed by atoms with van der Waals surface area (Å²) >= 11 is 6.51. The second kappa shape index (κ2) is 8.40. The molecule has 158 valence electrons. The number of allylic oxidation sites excluding steroid dienone is 1. The summed E-state index contributed by atoms with van der Waals surface area (Å²) in [6, 6.07) is 9.60. The molecule has 1 N–H and O–H groups in total. The first-order chi connectivity index (χ1) is 14.9. The van der Waals surface area contributed by atoms with Crippen molar-refractivity contribution < 1.29 is 4.79 Å². The standard InChI is InChI=1S/C21H20N6O2S2/c1-4-9-26-19-18(31-21(26)30)20(29)25(12-22-19)11-17(28)23-16-10-14(3)24-27(16)15-7-5-13(2)6-8-15/h4-8,10,12H,1,9,11H2,2-3H3,(H,23,28). The molecule has 0 saturated carbocycles. The second-order valence-corrected chi connectivity index (χ2v) is 8.71. The van der Waals surface area contributed by atoms with Crippen LogP contribution in [0.4, 0.5) is 5.82 Å². The Bertz CT molecular complexity index is 1410. The fourth-order valence-electron chi connectivity index (χ4n) is 3.18. The van der Waals surface area contributed by atoms with Crippen molar-refractivity contribution in [1.29, 1.82) is 0 Å². The van der Waals surface area contributed by atoms with Crippen molar-refractivity contribution in [3.63, 3.8) is 0 Å². The van der Waals surface area contributed by atoms with Crippen molar-refractivity contribution in [2.75, 3.05) is 5.32 Å². The lowest BCUT2D eigenvalue weighted by atomic mass is 10.2. The summed E-state index contributed by atoms with van der Waals surface area (Å²) in [5.41, 5.74) is 2.93. The van der Waals surface area contributed by atoms with E-state index >= 15 is 0 Å². The Balaban J connectivity index is 1.60. The first-order valence-corrected chi connectivity index (χ1v) is 10.7. The van der Waals surface area contributed by atoms with Crippen LogP contribution in [-0.4, -0.2) is 29.8 Å². The van der Waals surface area contributed by atoms with Crippen LogP contribution in [0.3, 0.4) is 0 Å². The maximum Gasteiger partial charge on any atom is 0.273 e. The summed E-state index contributed by atoms with van der Waals surface area (Å²) in [7, 11) is 0. The Morgan fingerprint density at radius 1 is 1.29 bits per heavy atom. The smallest absolute Gasteiger partial charge is 0.273 e. The van der Waals surface area contributed by atoms with E-state index in [0.29, 0.717) is 26.7 Å². The monoisotopic (exact) mass is 452 g/mol. The van der Waals surface area contributed by atoms with Gasteiger partial charge >= 0.3 is 0 Å². The van der Waals surface area contributed by atoms with E-state index < -0.39 is 0 Å². The van der Waals surface area contributed by atoms with E-state index in [9.17, 15) is 9.59 Å². The fourth-order valence-corrected chi connectivity index (χ4v) is 4.50. The summed E-state index contributed by atoms with van der Waals surface area (Å²) in [5.74, 6) is 0.173. The maximum atomic E-state index is 12.9. The van der Waals surface area contributed by atoms with Gasteiger partial charge in [-0.1, -0.05) is 35.1 Å². The molecule has 1 amide bonds. The third-order valence-corrected chi connectivity index (χ3v) is 6.07. The SMILES string of the molecule is C=CCn1c(=S)sc2c(=O)n(CC(=O)Nc3cc(C)nn3-c3ccc(C)cc3)cnc21. The highest BCUT2D eigenvalue weighted by Gasteiger charge is 2.15. The van der Waals surface area contributed by atoms with Crippen LogP contribution in [0.15, 0.2) is 54.1 Å². The van der Waals surface area contributed by atoms with Gasteiger partial charge in [0.1, 0.15) is 23.4 Å². The lowest BCUT2D eigenvalue weighted by molar-refractivity contribution is -0.116. The Kier molecular flexibility index (Phi) is 5.66. The minimum Gasteiger partial charge on any atom is -0.309 e. The van der Waals surface area contributed by atoms with Crippen LogP contribution in [0.2, 0.25) is 0 Å². The number of anilines is 1. The Morgan fingerprint density at radius 3 is 2.74 bits per heavy atom. The van der Waals surface area contributed by atoms with E-state index in [1.54, 1.807) is 21.4 Å². The van der Waals surface area contributed by atoms with E-state index in [1.165, 1.54) is 22.2 Å². The zero-order valence-electron chi connectivity index (χ0n) is 17.0. The molecule has 0 atom stereocenters. The first-order valence-electron chi connectivity index (χ1n) is 9.50. The number of benzene rings is 1. The van der Waals surface area contributed by atoms with Gasteiger partial charge in [-0.25, -0.2) is 9.67 Å². The highest BCUT2D eigenvalue weighted by Crippen LogP contribution is 2.19. The second-order valence-electron chi connectivity index (χ2n) is 7.06. The third kappa shape index (κ3) is 4.12. The number of carbonyl (C=O) groups excluding carboxylic acids is 1. The minimum absolute atomic E-state index is 0.175. The molecule has 3 aromatic heterocycles. The molecule has 3 heterocycles. The van der Waals surface area contributed by atoms with Gasteiger partial charge in [-0.15, -0.1) is 6.58 Å². The fraction of sp³-hybridized carbons (Fsp3) is 0.190. The van der Waals surface area contributed by atoms with Crippen LogP contribution in [-0.2, 0) is 17.9 Å². The van der Waals surface area contributed by atoms with Gasteiger partial charge in [0.2, 0.25) is 5.91 Å². The predicted molar refractivity (Wildman–Crippen MR) is 125 cm³/mol. The third-order valence-electron chi connectivity index (χ3n) is 4.65. The molecule has 8 nitrogen and oxygen atoms in total. The lowest BCUT2D eigenvalue weighted by Gasteiger charge is -2.10. The average Bonchev–Trinajstić information content (AvgIpc) is 3.25. The molecule has 0 aliphatic carbocycles. The quantitative estimate of drug-likeness (QED) is 0.357. The molecule has 0 unspecified atom stereocenters. The van der Waals surface area contributed by atoms with Crippen LogP contribution in [0.1, 0.15) is 11.3 Å². The van der Waals surface area contributed by atoms with Crippen LogP contribution >= 0.6 is 23.6 Å². The van der Waals surface area contributed by atoms with Gasteiger partial charge < -0.3 is 9.88 Å². The van der Waals surface area contributed by atoms with Gasteiger partial charge in [0.05, 0.1) is 11.4 Å². The van der Waals surface area contributed by atoms with Crippen molar-refractivity contribution in [2.45, 2.75) is 26.9 Å². The maximum absolute atomic E-state index is 12.9. The Morgan fingerprint density at radius 2 is 2.03 bits per heavy atom. The number of thiazole rings is 1. The van der Waals surface area contributed by atoms with Crippen molar-refractivity contribution in [3.8, 4) is 5.69 Å². The molecule has 0 bridgehead atoms. The van der Waals surface area contributed by atoms with Gasteiger partial charge in [0.15, 0.2) is 9.60 Å². The van der Waals surface area contributed by atoms with Crippen molar-refractivity contribution in [2.24, 2.45) is 0 Å². The van der Waals surface area contributed by atoms with Crippen molar-refractivity contribution >= 4 is 45.6 Å². The summed E-state index contributed by atoms with van der Waals surface area (Å²) in [6.07, 6.45) is 3.07. The van der Waals surface area contributed by atoms with Gasteiger partial charge in [0.25, 0.3) is 5.56 Å².